The number of nitrogens with zero attached hydrogens (tertiary/aromatic N) is 2. The lowest BCUT2D eigenvalue weighted by molar-refractivity contribution is -0.143. The molecule has 102 valence electrons. The van der Waals surface area contributed by atoms with Crippen molar-refractivity contribution in [3.63, 3.8) is 0 Å². The highest BCUT2D eigenvalue weighted by molar-refractivity contribution is 5.91. The summed E-state index contributed by atoms with van der Waals surface area (Å²) in [7, 11) is 1.71. The number of amides is 2. The normalized spacial score (nSPS) is 19.0. The number of carboxylic acid groups (broad SMARTS) is 1. The average molecular weight is 262 g/mol. The number of hydrogen-bond donors (Lipinski definition) is 1. The van der Waals surface area contributed by atoms with Gasteiger partial charge < -0.3 is 10.0 Å². The maximum absolute atomic E-state index is 12.3. The summed E-state index contributed by atoms with van der Waals surface area (Å²) in [4.78, 5) is 26.5. The molecule has 2 amide bonds. The van der Waals surface area contributed by atoms with E-state index in [0.29, 0.717) is 19.5 Å². The van der Waals surface area contributed by atoms with Crippen LogP contribution in [0.25, 0.3) is 0 Å². The van der Waals surface area contributed by atoms with Crippen molar-refractivity contribution in [1.29, 1.82) is 0 Å². The van der Waals surface area contributed by atoms with E-state index in [9.17, 15) is 9.59 Å². The van der Waals surface area contributed by atoms with Crippen molar-refractivity contribution >= 4 is 17.7 Å². The molecule has 1 heterocycles. The summed E-state index contributed by atoms with van der Waals surface area (Å²) in [5.74, 6) is -1.26. The zero-order valence-corrected chi connectivity index (χ0v) is 11.0. The van der Waals surface area contributed by atoms with Gasteiger partial charge in [0.1, 0.15) is 0 Å². The molecule has 1 fully saturated rings. The predicted molar refractivity (Wildman–Crippen MR) is 72.2 cm³/mol. The van der Waals surface area contributed by atoms with E-state index in [4.69, 9.17) is 5.11 Å². The molecule has 5 heteroatoms. The van der Waals surface area contributed by atoms with E-state index in [0.717, 1.165) is 12.1 Å². The second-order valence-corrected chi connectivity index (χ2v) is 4.80. The highest BCUT2D eigenvalue weighted by Crippen LogP contribution is 2.20. The summed E-state index contributed by atoms with van der Waals surface area (Å²) >= 11 is 0. The molecule has 1 N–H and O–H groups in total. The second-order valence-electron chi connectivity index (χ2n) is 4.80. The van der Waals surface area contributed by atoms with Gasteiger partial charge in [-0.15, -0.1) is 0 Å². The van der Waals surface area contributed by atoms with E-state index >= 15 is 0 Å². The quantitative estimate of drug-likeness (QED) is 0.887. The molecule has 5 nitrogen and oxygen atoms in total. The van der Waals surface area contributed by atoms with Crippen molar-refractivity contribution in [2.24, 2.45) is 5.92 Å². The standard InChI is InChI=1S/C14H18N2O3/c1-15(12-7-3-2-4-8-12)14(19)16-9-5-6-11(10-16)13(17)18/h2-4,7-8,11H,5-6,9-10H2,1H3,(H,17,18). The molecule has 1 aliphatic heterocycles. The lowest BCUT2D eigenvalue weighted by Crippen LogP contribution is -2.47. The number of benzene rings is 1. The van der Waals surface area contributed by atoms with Crippen molar-refractivity contribution < 1.29 is 14.7 Å². The van der Waals surface area contributed by atoms with Gasteiger partial charge in [-0.3, -0.25) is 9.69 Å². The molecule has 0 aliphatic carbocycles. The minimum absolute atomic E-state index is 0.142. The number of carbonyl (C=O) groups is 2. The number of hydrogen-bond acceptors (Lipinski definition) is 2. The average Bonchev–Trinajstić information content (AvgIpc) is 2.46. The summed E-state index contributed by atoms with van der Waals surface area (Å²) in [6, 6.07) is 9.21. The molecule has 1 saturated heterocycles. The third-order valence-electron chi connectivity index (χ3n) is 3.47. The fraction of sp³-hybridized carbons (Fsp3) is 0.429. The summed E-state index contributed by atoms with van der Waals surface area (Å²) < 4.78 is 0. The van der Waals surface area contributed by atoms with Crippen LogP contribution in [0.15, 0.2) is 30.3 Å². The van der Waals surface area contributed by atoms with Gasteiger partial charge in [0.2, 0.25) is 0 Å². The summed E-state index contributed by atoms with van der Waals surface area (Å²) in [5.41, 5.74) is 0.810. The SMILES string of the molecule is CN(C(=O)N1CCCC(C(=O)O)C1)c1ccccc1. The number of carbonyl (C=O) groups excluding carboxylic acids is 1. The Bertz CT molecular complexity index is 461. The fourth-order valence-electron chi connectivity index (χ4n) is 2.33. The zero-order valence-electron chi connectivity index (χ0n) is 11.0. The number of para-hydroxylation sites is 1. The molecule has 0 aromatic heterocycles. The Labute approximate surface area is 112 Å². The molecule has 0 saturated carbocycles. The molecule has 1 atom stereocenters. The largest absolute Gasteiger partial charge is 0.481 e. The molecule has 19 heavy (non-hydrogen) atoms. The van der Waals surface area contributed by atoms with E-state index in [1.807, 2.05) is 30.3 Å². The van der Waals surface area contributed by atoms with Crippen molar-refractivity contribution in [3.8, 4) is 0 Å². The number of anilines is 1. The van der Waals surface area contributed by atoms with E-state index in [2.05, 4.69) is 0 Å². The molecule has 0 spiro atoms. The molecular formula is C14H18N2O3. The van der Waals surface area contributed by atoms with Crippen molar-refractivity contribution in [3.05, 3.63) is 30.3 Å². The number of aliphatic carboxylic acids is 1. The summed E-state index contributed by atoms with van der Waals surface area (Å²) in [6.45, 7) is 0.922. The van der Waals surface area contributed by atoms with Crippen molar-refractivity contribution in [1.82, 2.24) is 4.90 Å². The molecule has 1 aliphatic rings. The predicted octanol–water partition coefficient (Wildman–Crippen LogP) is 2.04. The lowest BCUT2D eigenvalue weighted by Gasteiger charge is -2.33. The first-order valence-electron chi connectivity index (χ1n) is 6.40. The van der Waals surface area contributed by atoms with Gasteiger partial charge in [0.25, 0.3) is 0 Å². The Kier molecular flexibility index (Phi) is 4.04. The van der Waals surface area contributed by atoms with Crippen LogP contribution < -0.4 is 4.90 Å². The first-order valence-corrected chi connectivity index (χ1v) is 6.40. The molecule has 2 rings (SSSR count). The summed E-state index contributed by atoms with van der Waals surface area (Å²) in [5, 5.41) is 9.04. The topological polar surface area (TPSA) is 60.9 Å². The van der Waals surface area contributed by atoms with Gasteiger partial charge in [-0.25, -0.2) is 4.79 Å². The first-order chi connectivity index (χ1) is 9.09. The third kappa shape index (κ3) is 3.05. The summed E-state index contributed by atoms with van der Waals surface area (Å²) in [6.07, 6.45) is 1.39. The number of rotatable bonds is 2. The van der Waals surface area contributed by atoms with Gasteiger partial charge in [0.15, 0.2) is 0 Å². The Morgan fingerprint density at radius 1 is 1.32 bits per heavy atom. The molecular weight excluding hydrogens is 244 g/mol. The smallest absolute Gasteiger partial charge is 0.324 e. The van der Waals surface area contributed by atoms with Crippen LogP contribution in [0.4, 0.5) is 10.5 Å². The monoisotopic (exact) mass is 262 g/mol. The van der Waals surface area contributed by atoms with Gasteiger partial charge >= 0.3 is 12.0 Å². The van der Waals surface area contributed by atoms with E-state index in [1.165, 1.54) is 0 Å². The van der Waals surface area contributed by atoms with Crippen molar-refractivity contribution in [2.75, 3.05) is 25.0 Å². The van der Waals surface area contributed by atoms with Gasteiger partial charge in [-0.2, -0.15) is 0 Å². The van der Waals surface area contributed by atoms with Crippen LogP contribution in [0.5, 0.6) is 0 Å². The van der Waals surface area contributed by atoms with Crippen LogP contribution in [0.3, 0.4) is 0 Å². The van der Waals surface area contributed by atoms with E-state index < -0.39 is 11.9 Å². The van der Waals surface area contributed by atoms with Gasteiger partial charge in [-0.1, -0.05) is 18.2 Å². The Balaban J connectivity index is 2.05. The van der Waals surface area contributed by atoms with Gasteiger partial charge in [-0.05, 0) is 25.0 Å². The minimum atomic E-state index is -0.820. The maximum atomic E-state index is 12.3. The fourth-order valence-corrected chi connectivity index (χ4v) is 2.33. The van der Waals surface area contributed by atoms with Crippen LogP contribution in [0.2, 0.25) is 0 Å². The molecule has 0 bridgehead atoms. The molecule has 1 aromatic rings. The third-order valence-corrected chi connectivity index (χ3v) is 3.47. The Hall–Kier alpha value is -2.04. The van der Waals surface area contributed by atoms with E-state index in [1.54, 1.807) is 16.8 Å². The number of likely N-dealkylation sites (tertiary alicyclic amines) is 1. The second kappa shape index (κ2) is 5.73. The molecule has 1 unspecified atom stereocenters. The number of carboxylic acids is 1. The Morgan fingerprint density at radius 2 is 2.00 bits per heavy atom. The number of piperidine rings is 1. The first kappa shape index (κ1) is 13.4. The Morgan fingerprint density at radius 3 is 2.63 bits per heavy atom. The lowest BCUT2D eigenvalue weighted by atomic mass is 9.99. The number of urea groups is 1. The van der Waals surface area contributed by atoms with Crippen LogP contribution in [-0.2, 0) is 4.79 Å². The highest BCUT2D eigenvalue weighted by Gasteiger charge is 2.29. The van der Waals surface area contributed by atoms with Crippen LogP contribution >= 0.6 is 0 Å². The maximum Gasteiger partial charge on any atom is 0.324 e. The molecule has 0 radical (unpaired) electrons. The van der Waals surface area contributed by atoms with Crippen LogP contribution in [0.1, 0.15) is 12.8 Å². The van der Waals surface area contributed by atoms with Crippen LogP contribution in [0, 0.1) is 5.92 Å². The minimum Gasteiger partial charge on any atom is -0.481 e. The van der Waals surface area contributed by atoms with Crippen LogP contribution in [-0.4, -0.2) is 42.1 Å². The van der Waals surface area contributed by atoms with Gasteiger partial charge in [0, 0.05) is 25.8 Å². The zero-order chi connectivity index (χ0) is 13.8. The van der Waals surface area contributed by atoms with E-state index in [-0.39, 0.29) is 6.03 Å². The van der Waals surface area contributed by atoms with Gasteiger partial charge in [0.05, 0.1) is 5.92 Å². The molecule has 1 aromatic carbocycles. The highest BCUT2D eigenvalue weighted by atomic mass is 16.4. The van der Waals surface area contributed by atoms with Crippen molar-refractivity contribution in [2.45, 2.75) is 12.8 Å².